The normalized spacial score (nSPS) is 19.0. The van der Waals surface area contributed by atoms with E-state index in [1.54, 1.807) is 44.4 Å². The lowest BCUT2D eigenvalue weighted by Gasteiger charge is -2.32. The van der Waals surface area contributed by atoms with E-state index in [0.29, 0.717) is 36.8 Å². The molecule has 0 aliphatic carbocycles. The fourth-order valence-corrected chi connectivity index (χ4v) is 6.00. The number of carboxylic acids is 1. The Morgan fingerprint density at radius 3 is 2.64 bits per heavy atom. The highest BCUT2D eigenvalue weighted by Crippen LogP contribution is 2.49. The predicted molar refractivity (Wildman–Crippen MR) is 154 cm³/mol. The summed E-state index contributed by atoms with van der Waals surface area (Å²) in [4.78, 5) is 18.8. The largest absolute Gasteiger partial charge is 0.494 e. The first-order valence-electron chi connectivity index (χ1n) is 14.1. The van der Waals surface area contributed by atoms with Gasteiger partial charge in [0.2, 0.25) is 0 Å². The maximum Gasteiger partial charge on any atom is 0.335 e. The second-order valence-electron chi connectivity index (χ2n) is 10.9. The van der Waals surface area contributed by atoms with Gasteiger partial charge in [0, 0.05) is 31.7 Å². The SMILES string of the molecule is COCCn1c(CN2CCC(c3cccc4c3OC(C)(c3ccc(OC)c(F)c3)O4)CC2)nc2ccc(C(=O)O)cc21. The van der Waals surface area contributed by atoms with E-state index >= 15 is 0 Å². The lowest BCUT2D eigenvalue weighted by Crippen LogP contribution is -2.34. The number of hydrogen-bond acceptors (Lipinski definition) is 7. The molecule has 3 aromatic carbocycles. The molecule has 1 N–H and O–H groups in total. The molecule has 220 valence electrons. The van der Waals surface area contributed by atoms with Gasteiger partial charge in [0.05, 0.1) is 36.9 Å². The van der Waals surface area contributed by atoms with Gasteiger partial charge in [0.25, 0.3) is 5.79 Å². The Bertz CT molecular complexity index is 1630. The number of carboxylic acid groups (broad SMARTS) is 1. The van der Waals surface area contributed by atoms with Crippen LogP contribution in [0.3, 0.4) is 0 Å². The van der Waals surface area contributed by atoms with Gasteiger partial charge in [-0.05, 0) is 74.3 Å². The Hall–Kier alpha value is -4.15. The number of hydrogen-bond donors (Lipinski definition) is 1. The van der Waals surface area contributed by atoms with E-state index in [4.69, 9.17) is 23.9 Å². The highest BCUT2D eigenvalue weighted by atomic mass is 19.1. The number of nitrogens with zero attached hydrogens (tertiary/aromatic N) is 3. The van der Waals surface area contributed by atoms with Crippen molar-refractivity contribution >= 4 is 17.0 Å². The standard InChI is InChI=1S/C32H34FN3O6/c1-32(22-8-10-27(40-3)24(33)18-22)41-28-6-4-5-23(30(28)42-32)20-11-13-35(14-12-20)19-29-34-25-9-7-21(31(37)38)17-26(25)36(29)15-16-39-2/h4-10,17-18,20H,11-16,19H2,1-3H3,(H,37,38). The van der Waals surface area contributed by atoms with Crippen LogP contribution in [0.5, 0.6) is 17.2 Å². The van der Waals surface area contributed by atoms with Crippen molar-refractivity contribution in [3.05, 3.63) is 82.9 Å². The summed E-state index contributed by atoms with van der Waals surface area (Å²) in [6.07, 6.45) is 1.85. The number of fused-ring (bicyclic) bond motifs is 2. The van der Waals surface area contributed by atoms with Gasteiger partial charge >= 0.3 is 5.97 Å². The summed E-state index contributed by atoms with van der Waals surface area (Å²) in [5, 5.41) is 9.47. The van der Waals surface area contributed by atoms with Crippen LogP contribution in [0.25, 0.3) is 11.0 Å². The minimum Gasteiger partial charge on any atom is -0.494 e. The van der Waals surface area contributed by atoms with Crippen LogP contribution in [0.15, 0.2) is 54.6 Å². The Morgan fingerprint density at radius 1 is 1.12 bits per heavy atom. The van der Waals surface area contributed by atoms with Gasteiger partial charge in [0.1, 0.15) is 5.82 Å². The monoisotopic (exact) mass is 575 g/mol. The predicted octanol–water partition coefficient (Wildman–Crippen LogP) is 5.55. The third kappa shape index (κ3) is 5.16. The molecule has 1 unspecified atom stereocenters. The topological polar surface area (TPSA) is 95.3 Å². The Balaban J connectivity index is 1.17. The van der Waals surface area contributed by atoms with Crippen molar-refractivity contribution in [1.82, 2.24) is 14.5 Å². The number of methoxy groups -OCH3 is 2. The number of halogens is 1. The minimum atomic E-state index is -1.14. The Kier molecular flexibility index (Phi) is 7.51. The molecule has 1 saturated heterocycles. The number of carbonyl (C=O) groups is 1. The maximum absolute atomic E-state index is 14.5. The molecule has 42 heavy (non-hydrogen) atoms. The molecule has 1 aromatic heterocycles. The summed E-state index contributed by atoms with van der Waals surface area (Å²) in [7, 11) is 3.09. The van der Waals surface area contributed by atoms with Crippen LogP contribution in [0.1, 0.15) is 53.0 Å². The highest BCUT2D eigenvalue weighted by molar-refractivity contribution is 5.92. The average molecular weight is 576 g/mol. The van der Waals surface area contributed by atoms with Gasteiger partial charge in [-0.2, -0.15) is 0 Å². The molecule has 1 atom stereocenters. The molecular weight excluding hydrogens is 541 g/mol. The van der Waals surface area contributed by atoms with E-state index < -0.39 is 17.6 Å². The molecular formula is C32H34FN3O6. The van der Waals surface area contributed by atoms with Crippen molar-refractivity contribution in [2.24, 2.45) is 0 Å². The number of likely N-dealkylation sites (tertiary alicyclic amines) is 1. The Morgan fingerprint density at radius 2 is 1.93 bits per heavy atom. The number of ether oxygens (including phenoxy) is 4. The molecule has 9 nitrogen and oxygen atoms in total. The summed E-state index contributed by atoms with van der Waals surface area (Å²) in [6.45, 7) is 5.28. The number of benzene rings is 3. The summed E-state index contributed by atoms with van der Waals surface area (Å²) in [5.41, 5.74) is 3.48. The van der Waals surface area contributed by atoms with Gasteiger partial charge in [0.15, 0.2) is 23.1 Å². The molecule has 0 bridgehead atoms. The quantitative estimate of drug-likeness (QED) is 0.278. The van der Waals surface area contributed by atoms with E-state index in [0.717, 1.165) is 48.4 Å². The first kappa shape index (κ1) is 28.0. The van der Waals surface area contributed by atoms with E-state index in [2.05, 4.69) is 15.5 Å². The molecule has 0 spiro atoms. The van der Waals surface area contributed by atoms with Crippen LogP contribution in [0.2, 0.25) is 0 Å². The summed E-state index contributed by atoms with van der Waals surface area (Å²) in [5.74, 6) is 0.135. The molecule has 4 aromatic rings. The first-order valence-corrected chi connectivity index (χ1v) is 14.1. The van der Waals surface area contributed by atoms with Crippen LogP contribution in [0.4, 0.5) is 4.39 Å². The van der Waals surface area contributed by atoms with Crippen molar-refractivity contribution in [3.8, 4) is 17.2 Å². The third-order valence-electron chi connectivity index (χ3n) is 8.27. The fourth-order valence-electron chi connectivity index (χ4n) is 6.00. The molecule has 3 heterocycles. The van der Waals surface area contributed by atoms with Gasteiger partial charge in [-0.15, -0.1) is 0 Å². The number of rotatable bonds is 9. The minimum absolute atomic E-state index is 0.171. The van der Waals surface area contributed by atoms with Crippen LogP contribution < -0.4 is 14.2 Å². The second-order valence-corrected chi connectivity index (χ2v) is 10.9. The molecule has 2 aliphatic rings. The summed E-state index contributed by atoms with van der Waals surface area (Å²) < 4.78 is 39.6. The number of aromatic carboxylic acids is 1. The molecule has 6 rings (SSSR count). The fraction of sp³-hybridized carbons (Fsp3) is 0.375. The first-order chi connectivity index (χ1) is 20.3. The smallest absolute Gasteiger partial charge is 0.335 e. The summed E-state index contributed by atoms with van der Waals surface area (Å²) >= 11 is 0. The summed E-state index contributed by atoms with van der Waals surface area (Å²) in [6, 6.07) is 15.7. The van der Waals surface area contributed by atoms with Gasteiger partial charge in [-0.25, -0.2) is 14.2 Å². The number of aromatic nitrogens is 2. The molecule has 0 saturated carbocycles. The van der Waals surface area contributed by atoms with Crippen LogP contribution >= 0.6 is 0 Å². The van der Waals surface area contributed by atoms with Crippen molar-refractivity contribution in [3.63, 3.8) is 0 Å². The lowest BCUT2D eigenvalue weighted by molar-refractivity contribution is -0.0687. The van der Waals surface area contributed by atoms with E-state index in [9.17, 15) is 14.3 Å². The van der Waals surface area contributed by atoms with Gasteiger partial charge < -0.3 is 28.6 Å². The lowest BCUT2D eigenvalue weighted by atomic mass is 9.88. The van der Waals surface area contributed by atoms with Gasteiger partial charge in [-0.1, -0.05) is 12.1 Å². The Labute approximate surface area is 243 Å². The number of piperidine rings is 1. The zero-order valence-corrected chi connectivity index (χ0v) is 23.9. The van der Waals surface area contributed by atoms with E-state index in [1.165, 1.54) is 13.2 Å². The maximum atomic E-state index is 14.5. The van der Waals surface area contributed by atoms with Crippen LogP contribution in [-0.2, 0) is 23.6 Å². The molecule has 0 amide bonds. The highest BCUT2D eigenvalue weighted by Gasteiger charge is 2.41. The van der Waals surface area contributed by atoms with E-state index in [-0.39, 0.29) is 17.2 Å². The van der Waals surface area contributed by atoms with Crippen molar-refractivity contribution in [2.45, 2.75) is 44.6 Å². The van der Waals surface area contributed by atoms with Crippen LogP contribution in [-0.4, -0.2) is 59.4 Å². The second kappa shape index (κ2) is 11.3. The zero-order chi connectivity index (χ0) is 29.4. The molecule has 2 aliphatic heterocycles. The average Bonchev–Trinajstić information content (AvgIpc) is 3.52. The van der Waals surface area contributed by atoms with Gasteiger partial charge in [-0.3, -0.25) is 4.90 Å². The van der Waals surface area contributed by atoms with E-state index in [1.807, 2.05) is 12.1 Å². The van der Waals surface area contributed by atoms with Crippen molar-refractivity contribution in [1.29, 1.82) is 0 Å². The van der Waals surface area contributed by atoms with Crippen LogP contribution in [0, 0.1) is 5.82 Å². The van der Waals surface area contributed by atoms with Crippen molar-refractivity contribution in [2.75, 3.05) is 33.9 Å². The number of para-hydroxylation sites is 1. The molecule has 1 fully saturated rings. The van der Waals surface area contributed by atoms with Crippen molar-refractivity contribution < 1.29 is 33.2 Å². The molecule has 0 radical (unpaired) electrons. The third-order valence-corrected chi connectivity index (χ3v) is 8.27. The molecule has 10 heteroatoms. The zero-order valence-electron chi connectivity index (χ0n) is 23.9. The number of imidazole rings is 1.